The van der Waals surface area contributed by atoms with Crippen LogP contribution in [0.5, 0.6) is 0 Å². The molecule has 298 valence electrons. The number of allylic oxidation sites excluding steroid dienone is 8. The highest BCUT2D eigenvalue weighted by Crippen LogP contribution is 2.54. The Morgan fingerprint density at radius 2 is 1.17 bits per heavy atom. The third-order valence-corrected chi connectivity index (χ3v) is 11.3. The fourth-order valence-corrected chi connectivity index (χ4v) is 8.44. The van der Waals surface area contributed by atoms with Crippen LogP contribution in [-0.4, -0.2) is 4.57 Å². The smallest absolute Gasteiger partial charge is 0.0703 e. The molecule has 6 aromatic carbocycles. The van der Waals surface area contributed by atoms with E-state index >= 15 is 0 Å². The van der Waals surface area contributed by atoms with Gasteiger partial charge in [0.2, 0.25) is 0 Å². The maximum absolute atomic E-state index is 4.40. The van der Waals surface area contributed by atoms with Gasteiger partial charge in [-0.15, -0.1) is 0 Å². The second-order valence-electron chi connectivity index (χ2n) is 16.9. The predicted octanol–water partition coefficient (Wildman–Crippen LogP) is 16.7. The van der Waals surface area contributed by atoms with Gasteiger partial charge in [-0.25, -0.2) is 0 Å². The van der Waals surface area contributed by atoms with Gasteiger partial charge >= 0.3 is 0 Å². The van der Waals surface area contributed by atoms with Gasteiger partial charge in [-0.3, -0.25) is 0 Å². The number of rotatable bonds is 11. The summed E-state index contributed by atoms with van der Waals surface area (Å²) in [5, 5.41) is 2.46. The van der Waals surface area contributed by atoms with Gasteiger partial charge in [-0.05, 0) is 120 Å². The Morgan fingerprint density at radius 3 is 1.77 bits per heavy atom. The zero-order valence-corrected chi connectivity index (χ0v) is 35.9. The van der Waals surface area contributed by atoms with E-state index in [1.54, 1.807) is 0 Å². The third kappa shape index (κ3) is 7.84. The van der Waals surface area contributed by atoms with Gasteiger partial charge in [0, 0.05) is 39.2 Å². The summed E-state index contributed by atoms with van der Waals surface area (Å²) >= 11 is 0. The number of hydrogen-bond acceptors (Lipinski definition) is 2. The standard InChI is InChI=1S/C57H55N3/c1-9-10-11-13-20-42(5)58-51-35-32-43(29-30-44-31-34-47(41(4)28-27-40(2)3)50(38-44)57(6,7)8)37-48(51)49-39-46(33-36-52(49)58)60-55-25-18-16-23-53(55)59(45-21-14-12-15-22-45)54-24-17-19-26-56(54)60/h10-39,42H,2,4,9H2,1,3,5-8H3/b11-10-,20-13-,28-27-,30-29+. The maximum Gasteiger partial charge on any atom is 0.0703 e. The number of nitrogens with zero attached hydrogens (tertiary/aromatic N) is 3. The molecule has 2 heterocycles. The van der Waals surface area contributed by atoms with E-state index in [-0.39, 0.29) is 11.5 Å². The highest BCUT2D eigenvalue weighted by atomic mass is 15.3. The molecule has 1 aromatic heterocycles. The normalized spacial score (nSPS) is 13.6. The molecule has 60 heavy (non-hydrogen) atoms. The first-order valence-electron chi connectivity index (χ1n) is 21.1. The highest BCUT2D eigenvalue weighted by Gasteiger charge is 2.30. The average Bonchev–Trinajstić information content (AvgIpc) is 3.58. The van der Waals surface area contributed by atoms with Crippen LogP contribution < -0.4 is 9.80 Å². The molecule has 0 saturated carbocycles. The number of aromatic nitrogens is 1. The molecule has 0 N–H and O–H groups in total. The van der Waals surface area contributed by atoms with E-state index in [4.69, 9.17) is 0 Å². The van der Waals surface area contributed by atoms with E-state index in [0.717, 1.165) is 62.8 Å². The maximum atomic E-state index is 4.40. The van der Waals surface area contributed by atoms with Gasteiger partial charge in [0.25, 0.3) is 0 Å². The molecule has 0 aliphatic carbocycles. The Bertz CT molecular complexity index is 2810. The lowest BCUT2D eigenvalue weighted by atomic mass is 9.81. The molecule has 0 spiro atoms. The fraction of sp³-hybridized carbons (Fsp3) is 0.158. The van der Waals surface area contributed by atoms with Crippen LogP contribution >= 0.6 is 0 Å². The minimum Gasteiger partial charge on any atom is -0.334 e. The van der Waals surface area contributed by atoms with Crippen LogP contribution in [0.4, 0.5) is 34.1 Å². The van der Waals surface area contributed by atoms with E-state index < -0.39 is 0 Å². The predicted molar refractivity (Wildman–Crippen MR) is 263 cm³/mol. The first-order valence-corrected chi connectivity index (χ1v) is 21.1. The summed E-state index contributed by atoms with van der Waals surface area (Å²) in [6.07, 6.45) is 18.4. The van der Waals surface area contributed by atoms with Crippen molar-refractivity contribution in [1.29, 1.82) is 0 Å². The summed E-state index contributed by atoms with van der Waals surface area (Å²) < 4.78 is 2.48. The van der Waals surface area contributed by atoms with Crippen LogP contribution in [0.25, 0.3) is 39.5 Å². The summed E-state index contributed by atoms with van der Waals surface area (Å²) in [6, 6.07) is 48.9. The van der Waals surface area contributed by atoms with Crippen LogP contribution in [0.2, 0.25) is 0 Å². The van der Waals surface area contributed by atoms with Crippen LogP contribution in [0.15, 0.2) is 189 Å². The van der Waals surface area contributed by atoms with E-state index in [9.17, 15) is 0 Å². The topological polar surface area (TPSA) is 11.4 Å². The van der Waals surface area contributed by atoms with Gasteiger partial charge in [-0.1, -0.05) is 162 Å². The zero-order chi connectivity index (χ0) is 42.0. The number of benzene rings is 6. The van der Waals surface area contributed by atoms with Crippen molar-refractivity contribution < 1.29 is 0 Å². The van der Waals surface area contributed by atoms with Crippen molar-refractivity contribution in [3.8, 4) is 0 Å². The molecule has 1 aliphatic rings. The average molecular weight is 782 g/mol. The molecular formula is C57H55N3. The minimum absolute atomic E-state index is 0.0513. The SMILES string of the molecule is C=C(C)/C=C\C(=C)c1ccc(/C=C/c2ccc3c(c2)c2cc(N4c5ccccc5N(c5ccccc5)c5ccccc54)ccc2n3C(C)/C=C\C=C/CC)cc1C(C)(C)C. The molecule has 0 saturated heterocycles. The van der Waals surface area contributed by atoms with Gasteiger partial charge in [0.05, 0.1) is 22.7 Å². The van der Waals surface area contributed by atoms with E-state index in [1.807, 2.05) is 13.0 Å². The van der Waals surface area contributed by atoms with Crippen molar-refractivity contribution in [2.45, 2.75) is 59.4 Å². The molecule has 0 amide bonds. The van der Waals surface area contributed by atoms with Crippen LogP contribution in [0, 0.1) is 0 Å². The monoisotopic (exact) mass is 781 g/mol. The second kappa shape index (κ2) is 16.8. The summed E-state index contributed by atoms with van der Waals surface area (Å²) in [6.45, 7) is 21.7. The van der Waals surface area contributed by atoms with Gasteiger partial charge in [-0.2, -0.15) is 0 Å². The van der Waals surface area contributed by atoms with Gasteiger partial charge in [0.1, 0.15) is 0 Å². The summed E-state index contributed by atoms with van der Waals surface area (Å²) in [7, 11) is 0. The molecule has 1 unspecified atom stereocenters. The lowest BCUT2D eigenvalue weighted by Crippen LogP contribution is -2.23. The number of para-hydroxylation sites is 5. The molecular weight excluding hydrogens is 727 g/mol. The number of hydrogen-bond donors (Lipinski definition) is 0. The molecule has 3 heteroatoms. The molecule has 1 aliphatic heterocycles. The Morgan fingerprint density at radius 1 is 0.617 bits per heavy atom. The van der Waals surface area contributed by atoms with Crippen molar-refractivity contribution in [3.63, 3.8) is 0 Å². The highest BCUT2D eigenvalue weighted by molar-refractivity contribution is 6.11. The first kappa shape index (κ1) is 40.0. The minimum atomic E-state index is -0.0513. The Kier molecular flexibility index (Phi) is 11.2. The second-order valence-corrected chi connectivity index (χ2v) is 16.9. The van der Waals surface area contributed by atoms with Crippen LogP contribution in [0.1, 0.15) is 76.3 Å². The van der Waals surface area contributed by atoms with Crippen LogP contribution in [0.3, 0.4) is 0 Å². The fourth-order valence-electron chi connectivity index (χ4n) is 8.44. The summed E-state index contributed by atoms with van der Waals surface area (Å²) in [5.74, 6) is 0. The lowest BCUT2D eigenvalue weighted by molar-refractivity contribution is 0.588. The van der Waals surface area contributed by atoms with Crippen molar-refractivity contribution >= 4 is 73.7 Å². The van der Waals surface area contributed by atoms with Crippen molar-refractivity contribution in [2.75, 3.05) is 9.80 Å². The summed E-state index contributed by atoms with van der Waals surface area (Å²) in [5.41, 5.74) is 16.0. The molecule has 0 fully saturated rings. The van der Waals surface area contributed by atoms with Gasteiger partial charge < -0.3 is 14.4 Å². The lowest BCUT2D eigenvalue weighted by Gasteiger charge is -2.40. The number of fused-ring (bicyclic) bond motifs is 5. The largest absolute Gasteiger partial charge is 0.334 e. The Hall–Kier alpha value is -6.84. The zero-order valence-electron chi connectivity index (χ0n) is 35.9. The van der Waals surface area contributed by atoms with E-state index in [1.165, 1.54) is 32.9 Å². The first-order chi connectivity index (χ1) is 29.0. The Labute approximate surface area is 356 Å². The van der Waals surface area contributed by atoms with Gasteiger partial charge in [0.15, 0.2) is 0 Å². The molecule has 0 radical (unpaired) electrons. The molecule has 8 rings (SSSR count). The molecule has 3 nitrogen and oxygen atoms in total. The van der Waals surface area contributed by atoms with Crippen molar-refractivity contribution in [2.24, 2.45) is 0 Å². The van der Waals surface area contributed by atoms with Crippen molar-refractivity contribution in [1.82, 2.24) is 4.57 Å². The molecule has 0 bridgehead atoms. The van der Waals surface area contributed by atoms with Crippen molar-refractivity contribution in [3.05, 3.63) is 211 Å². The molecule has 1 atom stereocenters. The Balaban J connectivity index is 1.25. The quantitative estimate of drug-likeness (QED) is 0.0956. The number of anilines is 6. The van der Waals surface area contributed by atoms with E-state index in [2.05, 4.69) is 238 Å². The summed E-state index contributed by atoms with van der Waals surface area (Å²) in [4.78, 5) is 4.80. The van der Waals surface area contributed by atoms with E-state index in [0.29, 0.717) is 0 Å². The molecule has 7 aromatic rings. The third-order valence-electron chi connectivity index (χ3n) is 11.3. The van der Waals surface area contributed by atoms with Crippen LogP contribution in [-0.2, 0) is 5.41 Å².